The van der Waals surface area contributed by atoms with E-state index in [2.05, 4.69) is 15.7 Å². The minimum absolute atomic E-state index is 0.0606. The van der Waals surface area contributed by atoms with Gasteiger partial charge in [-0.15, -0.1) is 0 Å². The van der Waals surface area contributed by atoms with Gasteiger partial charge in [0.1, 0.15) is 0 Å². The topological polar surface area (TPSA) is 93.1 Å². The number of nitrogens with one attached hydrogen (secondary N) is 2. The molecule has 158 valence electrons. The molecule has 0 saturated carbocycles. The summed E-state index contributed by atoms with van der Waals surface area (Å²) in [6.45, 7) is 1.59. The molecule has 4 aromatic rings. The molecule has 1 atom stereocenters. The zero-order valence-electron chi connectivity index (χ0n) is 16.8. The maximum absolute atomic E-state index is 13.5. The lowest BCUT2D eigenvalue weighted by Crippen LogP contribution is -2.37. The van der Waals surface area contributed by atoms with E-state index in [1.165, 1.54) is 6.20 Å². The largest absolute Gasteiger partial charge is 0.326 e. The molecule has 2 heterocycles. The van der Waals surface area contributed by atoms with Crippen LogP contribution in [0.5, 0.6) is 0 Å². The smallest absolute Gasteiger partial charge is 0.284 e. The second-order valence-corrected chi connectivity index (χ2v) is 9.51. The number of hydrogen-bond donors (Lipinski definition) is 2. The van der Waals surface area contributed by atoms with Crippen molar-refractivity contribution in [3.63, 3.8) is 0 Å². The van der Waals surface area contributed by atoms with Crippen LogP contribution in [0.15, 0.2) is 71.8 Å². The van der Waals surface area contributed by atoms with Gasteiger partial charge in [-0.25, -0.2) is 0 Å². The first kappa shape index (κ1) is 19.7. The average molecular weight is 435 g/mol. The predicted molar refractivity (Wildman–Crippen MR) is 120 cm³/mol. The first-order chi connectivity index (χ1) is 15.0. The highest BCUT2D eigenvalue weighted by atomic mass is 32.2. The van der Waals surface area contributed by atoms with Gasteiger partial charge in [-0.05, 0) is 49.0 Å². The summed E-state index contributed by atoms with van der Waals surface area (Å²) in [7, 11) is -3.93. The van der Waals surface area contributed by atoms with Gasteiger partial charge in [-0.2, -0.15) is 17.6 Å². The maximum Gasteiger partial charge on any atom is 0.284 e. The van der Waals surface area contributed by atoms with Crippen molar-refractivity contribution < 1.29 is 13.2 Å². The molecule has 1 aliphatic rings. The van der Waals surface area contributed by atoms with E-state index in [-0.39, 0.29) is 16.7 Å². The molecule has 5 rings (SSSR count). The standard InChI is InChI=1S/C23H22N4O3S/c28-23(18-7-4-12-24-14-18)26-19-11-10-17-15-25-27(21(17)13-19)31(29,30)22-9-3-6-16-5-1-2-8-20(16)22/h1-3,5-6,8-11,13,15,18,24H,4,7,12,14H2,(H,26,28)/t18-/m1/s1. The molecular weight excluding hydrogens is 412 g/mol. The van der Waals surface area contributed by atoms with Crippen LogP contribution in [0.1, 0.15) is 12.8 Å². The quantitative estimate of drug-likeness (QED) is 0.514. The van der Waals surface area contributed by atoms with Crippen LogP contribution >= 0.6 is 0 Å². The van der Waals surface area contributed by atoms with Gasteiger partial charge in [-0.1, -0.05) is 36.4 Å². The highest BCUT2D eigenvalue weighted by Gasteiger charge is 2.24. The Balaban J connectivity index is 1.54. The van der Waals surface area contributed by atoms with E-state index >= 15 is 0 Å². The minimum atomic E-state index is -3.93. The van der Waals surface area contributed by atoms with E-state index < -0.39 is 10.0 Å². The summed E-state index contributed by atoms with van der Waals surface area (Å²) in [5, 5.41) is 12.5. The summed E-state index contributed by atoms with van der Waals surface area (Å²) in [5.41, 5.74) is 0.977. The molecule has 0 unspecified atom stereocenters. The van der Waals surface area contributed by atoms with Gasteiger partial charge < -0.3 is 10.6 Å². The summed E-state index contributed by atoms with van der Waals surface area (Å²) in [4.78, 5) is 12.8. The zero-order valence-corrected chi connectivity index (χ0v) is 17.6. The summed E-state index contributed by atoms with van der Waals surface area (Å²) in [6, 6.07) is 17.8. The summed E-state index contributed by atoms with van der Waals surface area (Å²) in [5.74, 6) is -0.150. The van der Waals surface area contributed by atoms with E-state index in [1.54, 1.807) is 36.4 Å². The van der Waals surface area contributed by atoms with Gasteiger partial charge >= 0.3 is 0 Å². The molecule has 2 N–H and O–H groups in total. The number of nitrogens with zero attached hydrogens (tertiary/aromatic N) is 2. The number of hydrogen-bond acceptors (Lipinski definition) is 5. The Kier molecular flexibility index (Phi) is 4.95. The van der Waals surface area contributed by atoms with Gasteiger partial charge in [-0.3, -0.25) is 4.79 Å². The number of piperidine rings is 1. The lowest BCUT2D eigenvalue weighted by Gasteiger charge is -2.21. The number of benzene rings is 3. The van der Waals surface area contributed by atoms with Gasteiger partial charge in [0, 0.05) is 23.0 Å². The molecule has 1 saturated heterocycles. The van der Waals surface area contributed by atoms with Crippen LogP contribution in [0.25, 0.3) is 21.7 Å². The summed E-state index contributed by atoms with van der Waals surface area (Å²) < 4.78 is 28.1. The van der Waals surface area contributed by atoms with Crippen molar-refractivity contribution in [3.8, 4) is 0 Å². The second-order valence-electron chi connectivity index (χ2n) is 7.78. The van der Waals surface area contributed by atoms with E-state index in [9.17, 15) is 13.2 Å². The van der Waals surface area contributed by atoms with Crippen LogP contribution < -0.4 is 10.6 Å². The molecule has 0 radical (unpaired) electrons. The average Bonchev–Trinajstić information content (AvgIpc) is 3.23. The normalized spacial score (nSPS) is 17.1. The van der Waals surface area contributed by atoms with Crippen molar-refractivity contribution in [3.05, 3.63) is 66.9 Å². The van der Waals surface area contributed by atoms with E-state index in [1.807, 2.05) is 24.3 Å². The second kappa shape index (κ2) is 7.79. The first-order valence-electron chi connectivity index (χ1n) is 10.3. The third-order valence-corrected chi connectivity index (χ3v) is 7.39. The zero-order chi connectivity index (χ0) is 21.4. The van der Waals surface area contributed by atoms with Crippen molar-refractivity contribution in [2.24, 2.45) is 5.92 Å². The Hall–Kier alpha value is -3.23. The van der Waals surface area contributed by atoms with E-state index in [0.29, 0.717) is 28.5 Å². The van der Waals surface area contributed by atoms with Gasteiger partial charge in [0.2, 0.25) is 5.91 Å². The SMILES string of the molecule is O=C(Nc1ccc2cnn(S(=O)(=O)c3cccc4ccccc34)c2c1)[C@@H]1CCCNC1. The fourth-order valence-corrected chi connectivity index (χ4v) is 5.59. The fourth-order valence-electron chi connectivity index (χ4n) is 4.10. The van der Waals surface area contributed by atoms with Crippen molar-refractivity contribution in [2.75, 3.05) is 18.4 Å². The molecule has 7 nitrogen and oxygen atoms in total. The third-order valence-electron chi connectivity index (χ3n) is 5.73. The van der Waals surface area contributed by atoms with Gasteiger partial charge in [0.05, 0.1) is 22.5 Å². The molecule has 8 heteroatoms. The van der Waals surface area contributed by atoms with Gasteiger partial charge in [0.15, 0.2) is 0 Å². The summed E-state index contributed by atoms with van der Waals surface area (Å²) in [6.07, 6.45) is 3.33. The Morgan fingerprint density at radius 1 is 1.06 bits per heavy atom. The minimum Gasteiger partial charge on any atom is -0.326 e. The van der Waals surface area contributed by atoms with Crippen molar-refractivity contribution in [2.45, 2.75) is 17.7 Å². The molecule has 1 aromatic heterocycles. The Morgan fingerprint density at radius 3 is 2.74 bits per heavy atom. The van der Waals surface area contributed by atoms with Crippen LogP contribution in [-0.2, 0) is 14.8 Å². The molecule has 1 fully saturated rings. The molecule has 1 aliphatic heterocycles. The Labute approximate surface area is 180 Å². The van der Waals surface area contributed by atoms with Crippen LogP contribution in [-0.4, -0.2) is 36.6 Å². The number of anilines is 1. The summed E-state index contributed by atoms with van der Waals surface area (Å²) >= 11 is 0. The molecule has 0 bridgehead atoms. The number of fused-ring (bicyclic) bond motifs is 2. The Morgan fingerprint density at radius 2 is 1.90 bits per heavy atom. The van der Waals surface area contributed by atoms with Crippen LogP contribution in [0.2, 0.25) is 0 Å². The maximum atomic E-state index is 13.5. The number of carbonyl (C=O) groups excluding carboxylic acids is 1. The van der Waals surface area contributed by atoms with Crippen molar-refractivity contribution in [1.82, 2.24) is 14.5 Å². The molecule has 1 amide bonds. The monoisotopic (exact) mass is 434 g/mol. The van der Waals surface area contributed by atoms with Crippen LogP contribution in [0, 0.1) is 5.92 Å². The van der Waals surface area contributed by atoms with Gasteiger partial charge in [0.25, 0.3) is 10.0 Å². The highest BCUT2D eigenvalue weighted by molar-refractivity contribution is 7.90. The van der Waals surface area contributed by atoms with Crippen LogP contribution in [0.4, 0.5) is 5.69 Å². The Bertz CT molecular complexity index is 1380. The molecule has 3 aromatic carbocycles. The molecule has 0 aliphatic carbocycles. The number of amides is 1. The first-order valence-corrected chi connectivity index (χ1v) is 11.7. The predicted octanol–water partition coefficient (Wildman–Crippen LogP) is 3.36. The van der Waals surface area contributed by atoms with Crippen molar-refractivity contribution >= 4 is 43.3 Å². The molecular formula is C23H22N4O3S. The number of rotatable bonds is 4. The van der Waals surface area contributed by atoms with E-state index in [0.717, 1.165) is 28.9 Å². The van der Waals surface area contributed by atoms with Crippen molar-refractivity contribution in [1.29, 1.82) is 0 Å². The van der Waals surface area contributed by atoms with Crippen LogP contribution in [0.3, 0.4) is 0 Å². The number of carbonyl (C=O) groups is 1. The lowest BCUT2D eigenvalue weighted by atomic mass is 9.99. The lowest BCUT2D eigenvalue weighted by molar-refractivity contribution is -0.120. The fraction of sp³-hybridized carbons (Fsp3) is 0.217. The highest BCUT2D eigenvalue weighted by Crippen LogP contribution is 2.28. The number of aromatic nitrogens is 2. The third kappa shape index (κ3) is 3.58. The van der Waals surface area contributed by atoms with E-state index in [4.69, 9.17) is 0 Å². The molecule has 0 spiro atoms. The molecule has 31 heavy (non-hydrogen) atoms.